The molecule has 0 radical (unpaired) electrons. The molecule has 80 valence electrons. The summed E-state index contributed by atoms with van der Waals surface area (Å²) in [7, 11) is 0. The quantitative estimate of drug-likeness (QED) is 0.277. The largest absolute Gasteiger partial charge is 0.322 e. The van der Waals surface area contributed by atoms with E-state index < -0.39 is 1.55 Å². The van der Waals surface area contributed by atoms with Crippen LogP contribution in [0.4, 0.5) is 0 Å². The van der Waals surface area contributed by atoms with Gasteiger partial charge in [-0.1, -0.05) is 18.2 Å². The van der Waals surface area contributed by atoms with Gasteiger partial charge in [-0.05, 0) is 57.3 Å². The highest BCUT2D eigenvalue weighted by molar-refractivity contribution is 14.2. The zero-order valence-corrected chi connectivity index (χ0v) is 13.8. The smallest absolute Gasteiger partial charge is 0.253 e. The first-order valence-corrected chi connectivity index (χ1v) is 7.12. The van der Waals surface area contributed by atoms with E-state index in [0.717, 1.165) is 0 Å². The summed E-state index contributed by atoms with van der Waals surface area (Å²) in [4.78, 5) is 22.9. The minimum Gasteiger partial charge on any atom is -0.322 e. The lowest BCUT2D eigenvalue weighted by atomic mass is 10.2. The van der Waals surface area contributed by atoms with Crippen LogP contribution in [0, 0.1) is 0 Å². The molecule has 0 saturated carbocycles. The number of rotatable bonds is 3. The van der Waals surface area contributed by atoms with Crippen LogP contribution in [-0.2, 0) is 4.79 Å². The molecule has 1 aromatic carbocycles. The Hall–Kier alpha value is 0.550. The molecule has 0 unspecified atom stereocenters. The topological polar surface area (TPSA) is 46.2 Å². The molecule has 0 aliphatic carbocycles. The molecule has 0 aliphatic heterocycles. The summed E-state index contributed by atoms with van der Waals surface area (Å²) >= 11 is 5.48. The molecule has 0 fully saturated rings. The highest BCUT2D eigenvalue weighted by Gasteiger charge is 2.31. The predicted molar refractivity (Wildman–Crippen MR) is 83.7 cm³/mol. The molecule has 0 atom stereocenters. The van der Waals surface area contributed by atoms with Crippen molar-refractivity contribution in [3.8, 4) is 0 Å². The number of alkyl halides is 2. The van der Waals surface area contributed by atoms with Gasteiger partial charge in [-0.2, -0.15) is 0 Å². The standard InChI is InChI=1S/C9H6I3NO2/c10-8(15)9(11,12)13-7(14)6-4-2-1-3-5-6/h1-5H,(H,13,14). The van der Waals surface area contributed by atoms with Gasteiger partial charge in [0.1, 0.15) is 0 Å². The summed E-state index contributed by atoms with van der Waals surface area (Å²) in [5.74, 6) is -0.246. The van der Waals surface area contributed by atoms with Crippen molar-refractivity contribution in [2.45, 2.75) is 1.55 Å². The maximum absolute atomic E-state index is 11.7. The van der Waals surface area contributed by atoms with Crippen LogP contribution in [0.2, 0.25) is 0 Å². The van der Waals surface area contributed by atoms with Crippen molar-refractivity contribution in [3.63, 3.8) is 0 Å². The van der Waals surface area contributed by atoms with Crippen LogP contribution in [0.3, 0.4) is 0 Å². The van der Waals surface area contributed by atoms with Gasteiger partial charge in [0.25, 0.3) is 5.91 Å². The second kappa shape index (κ2) is 5.75. The predicted octanol–water partition coefficient (Wildman–Crippen LogP) is 2.90. The van der Waals surface area contributed by atoms with Crippen LogP contribution in [-0.4, -0.2) is 11.2 Å². The highest BCUT2D eigenvalue weighted by atomic mass is 127. The molecule has 3 nitrogen and oxygen atoms in total. The summed E-state index contributed by atoms with van der Waals surface area (Å²) < 4.78 is -1.01. The fourth-order valence-corrected chi connectivity index (χ4v) is 1.48. The van der Waals surface area contributed by atoms with Crippen LogP contribution < -0.4 is 5.32 Å². The van der Waals surface area contributed by atoms with Gasteiger partial charge >= 0.3 is 0 Å². The molecule has 1 rings (SSSR count). The van der Waals surface area contributed by atoms with Crippen molar-refractivity contribution in [3.05, 3.63) is 35.9 Å². The minimum atomic E-state index is -0.886. The Morgan fingerprint density at radius 2 is 1.67 bits per heavy atom. The van der Waals surface area contributed by atoms with Gasteiger partial charge in [-0.3, -0.25) is 9.59 Å². The van der Waals surface area contributed by atoms with Crippen LogP contribution in [0.1, 0.15) is 10.4 Å². The molecule has 0 bridgehead atoms. The van der Waals surface area contributed by atoms with Crippen LogP contribution in [0.25, 0.3) is 0 Å². The average molecular weight is 541 g/mol. The van der Waals surface area contributed by atoms with Crippen molar-refractivity contribution in [2.75, 3.05) is 0 Å². The van der Waals surface area contributed by atoms with Crippen molar-refractivity contribution in [1.82, 2.24) is 5.32 Å². The first-order valence-electron chi connectivity index (χ1n) is 3.89. The third-order valence-electron chi connectivity index (χ3n) is 1.55. The van der Waals surface area contributed by atoms with Gasteiger partial charge in [0.15, 0.2) is 0 Å². The third-order valence-corrected chi connectivity index (χ3v) is 5.95. The summed E-state index contributed by atoms with van der Waals surface area (Å²) in [5, 5.41) is 2.65. The molecule has 15 heavy (non-hydrogen) atoms. The zero-order chi connectivity index (χ0) is 11.5. The first-order chi connectivity index (χ1) is 6.93. The van der Waals surface area contributed by atoms with Gasteiger partial charge in [0, 0.05) is 28.2 Å². The summed E-state index contributed by atoms with van der Waals surface area (Å²) in [6.45, 7) is 0. The van der Waals surface area contributed by atoms with E-state index in [-0.39, 0.29) is 9.70 Å². The van der Waals surface area contributed by atoms with Crippen molar-refractivity contribution in [2.24, 2.45) is 0 Å². The fraction of sp³-hybridized carbons (Fsp3) is 0.111. The average Bonchev–Trinajstić information content (AvgIpc) is 2.18. The lowest BCUT2D eigenvalue weighted by Crippen LogP contribution is -2.42. The second-order valence-electron chi connectivity index (χ2n) is 2.67. The Balaban J connectivity index is 2.77. The van der Waals surface area contributed by atoms with Crippen LogP contribution in [0.5, 0.6) is 0 Å². The van der Waals surface area contributed by atoms with E-state index in [2.05, 4.69) is 5.32 Å². The molecule has 6 heteroatoms. The van der Waals surface area contributed by atoms with Crippen LogP contribution in [0.15, 0.2) is 30.3 Å². The monoisotopic (exact) mass is 541 g/mol. The van der Waals surface area contributed by atoms with Gasteiger partial charge in [0.2, 0.25) is 5.34 Å². The number of benzene rings is 1. The Bertz CT molecular complexity index is 378. The maximum atomic E-state index is 11.7. The Morgan fingerprint density at radius 3 is 2.13 bits per heavy atom. The van der Waals surface area contributed by atoms with Crippen LogP contribution >= 0.6 is 67.8 Å². The van der Waals surface area contributed by atoms with E-state index in [0.29, 0.717) is 5.56 Å². The number of carbonyl (C=O) groups is 2. The summed E-state index contributed by atoms with van der Waals surface area (Å²) in [6.07, 6.45) is 0. The molecule has 1 N–H and O–H groups in total. The molecular formula is C9H6I3NO2. The second-order valence-corrected chi connectivity index (χ2v) is 8.95. The molecule has 1 amide bonds. The molecule has 0 aliphatic rings. The molecule has 0 spiro atoms. The van der Waals surface area contributed by atoms with Gasteiger partial charge in [-0.15, -0.1) is 0 Å². The number of nitrogens with one attached hydrogen (secondary N) is 1. The van der Waals surface area contributed by atoms with E-state index >= 15 is 0 Å². The number of amides is 1. The number of hydrogen-bond donors (Lipinski definition) is 1. The minimum absolute atomic E-state index is 0.120. The maximum Gasteiger partial charge on any atom is 0.253 e. The normalized spacial score (nSPS) is 10.9. The molecular weight excluding hydrogens is 535 g/mol. The number of hydrogen-bond acceptors (Lipinski definition) is 2. The van der Waals surface area contributed by atoms with E-state index in [4.69, 9.17) is 0 Å². The lowest BCUT2D eigenvalue weighted by Gasteiger charge is -2.17. The van der Waals surface area contributed by atoms with Crippen molar-refractivity contribution < 1.29 is 9.59 Å². The molecule has 0 aromatic heterocycles. The number of carbonyl (C=O) groups excluding carboxylic acids is 2. The first kappa shape index (κ1) is 13.6. The van der Waals surface area contributed by atoms with Gasteiger partial charge in [-0.25, -0.2) is 0 Å². The van der Waals surface area contributed by atoms with Crippen molar-refractivity contribution in [1.29, 1.82) is 0 Å². The number of halogens is 3. The van der Waals surface area contributed by atoms with E-state index in [1.807, 2.05) is 51.2 Å². The Kier molecular flexibility index (Phi) is 5.22. The van der Waals surface area contributed by atoms with E-state index in [1.54, 1.807) is 46.9 Å². The Labute approximate surface area is 128 Å². The molecule has 1 aromatic rings. The molecule has 0 heterocycles. The van der Waals surface area contributed by atoms with E-state index in [1.165, 1.54) is 0 Å². The van der Waals surface area contributed by atoms with Gasteiger partial charge < -0.3 is 5.32 Å². The highest BCUT2D eigenvalue weighted by Crippen LogP contribution is 2.28. The fourth-order valence-electron chi connectivity index (χ4n) is 0.853. The van der Waals surface area contributed by atoms with E-state index in [9.17, 15) is 9.59 Å². The SMILES string of the molecule is O=C(NC(I)(I)C(=O)I)c1ccccc1. The summed E-state index contributed by atoms with van der Waals surface area (Å²) in [5.41, 5.74) is 0.549. The lowest BCUT2D eigenvalue weighted by molar-refractivity contribution is -0.109. The molecule has 0 saturated heterocycles. The summed E-state index contributed by atoms with van der Waals surface area (Å²) in [6, 6.07) is 8.81. The third kappa shape index (κ3) is 4.13. The Morgan fingerprint density at radius 1 is 1.13 bits per heavy atom. The van der Waals surface area contributed by atoms with Gasteiger partial charge in [0.05, 0.1) is 0 Å². The van der Waals surface area contributed by atoms with Crippen molar-refractivity contribution >= 4 is 77.5 Å². The zero-order valence-electron chi connectivity index (χ0n) is 7.34.